The second kappa shape index (κ2) is 9.67. The van der Waals surface area contributed by atoms with Crippen LogP contribution in [-0.2, 0) is 11.3 Å². The van der Waals surface area contributed by atoms with E-state index in [0.717, 1.165) is 11.1 Å². The first-order valence-electron chi connectivity index (χ1n) is 9.26. The van der Waals surface area contributed by atoms with Crippen molar-refractivity contribution in [1.82, 2.24) is 9.88 Å². The lowest BCUT2D eigenvalue weighted by molar-refractivity contribution is -0.122. The minimum Gasteiger partial charge on any atom is -0.467 e. The summed E-state index contributed by atoms with van der Waals surface area (Å²) in [6.45, 7) is 0.289. The van der Waals surface area contributed by atoms with Crippen LogP contribution in [0.2, 0.25) is 0 Å². The van der Waals surface area contributed by atoms with Crippen molar-refractivity contribution in [3.05, 3.63) is 101 Å². The van der Waals surface area contributed by atoms with Crippen molar-refractivity contribution in [1.29, 1.82) is 0 Å². The van der Waals surface area contributed by atoms with E-state index in [4.69, 9.17) is 4.42 Å². The van der Waals surface area contributed by atoms with Gasteiger partial charge in [0.2, 0.25) is 0 Å². The Morgan fingerprint density at radius 2 is 1.93 bits per heavy atom. The maximum absolute atomic E-state index is 12.9. The largest absolute Gasteiger partial charge is 0.467 e. The number of allylic oxidation sites excluding steroid dienone is 1. The molecule has 0 N–H and O–H groups in total. The van der Waals surface area contributed by atoms with E-state index in [-0.39, 0.29) is 12.5 Å². The van der Waals surface area contributed by atoms with Gasteiger partial charge in [-0.25, -0.2) is 0 Å². The Labute approximate surface area is 178 Å². The normalized spacial score (nSPS) is 17.2. The number of aromatic nitrogens is 1. The molecule has 2 aromatic heterocycles. The first-order chi connectivity index (χ1) is 14.8. The summed E-state index contributed by atoms with van der Waals surface area (Å²) in [5.41, 5.74) is 1.92. The lowest BCUT2D eigenvalue weighted by Crippen LogP contribution is -2.28. The Morgan fingerprint density at radius 3 is 2.70 bits per heavy atom. The molecule has 3 heterocycles. The topological polar surface area (TPSA) is 71.1 Å². The van der Waals surface area contributed by atoms with E-state index in [1.807, 2.05) is 60.7 Å². The van der Waals surface area contributed by atoms with E-state index in [0.29, 0.717) is 15.8 Å². The molecule has 0 saturated carbocycles. The highest BCUT2D eigenvalue weighted by molar-refractivity contribution is 8.18. The smallest absolute Gasteiger partial charge is 0.267 e. The number of amidine groups is 1. The number of nitrogens with zero attached hydrogens (tertiary/aromatic N) is 4. The molecular formula is C23H18N4O2S. The third kappa shape index (κ3) is 5.01. The zero-order valence-corrected chi connectivity index (χ0v) is 16.8. The highest BCUT2D eigenvalue weighted by Gasteiger charge is 2.34. The molecule has 0 bridgehead atoms. The standard InChI is InChI=1S/C23H18N4O2S/c28-22-21(15-19-10-4-12-24-16-19)30-23(27(22)17-20-11-6-14-29-20)26-25-13-5-9-18-7-2-1-3-8-18/h1-16H,17H2/b9-5+,21-15-,25-13-,26-23+. The van der Waals surface area contributed by atoms with E-state index < -0.39 is 0 Å². The van der Waals surface area contributed by atoms with Gasteiger partial charge in [-0.15, -0.1) is 5.10 Å². The molecule has 7 heteroatoms. The molecule has 0 radical (unpaired) electrons. The Hall–Kier alpha value is -3.71. The molecule has 0 spiro atoms. The zero-order valence-electron chi connectivity index (χ0n) is 16.0. The Bertz CT molecular complexity index is 1100. The molecule has 1 fully saturated rings. The Morgan fingerprint density at radius 1 is 1.07 bits per heavy atom. The maximum Gasteiger partial charge on any atom is 0.267 e. The van der Waals surface area contributed by atoms with Crippen molar-refractivity contribution < 1.29 is 9.21 Å². The fourth-order valence-corrected chi connectivity index (χ4v) is 3.67. The number of rotatable bonds is 6. The predicted molar refractivity (Wildman–Crippen MR) is 120 cm³/mol. The molecule has 6 nitrogen and oxygen atoms in total. The van der Waals surface area contributed by atoms with Gasteiger partial charge < -0.3 is 4.42 Å². The van der Waals surface area contributed by atoms with Crippen LogP contribution in [0.25, 0.3) is 12.2 Å². The fraction of sp³-hybridized carbons (Fsp3) is 0.0435. The minimum atomic E-state index is -0.144. The van der Waals surface area contributed by atoms with Crippen LogP contribution in [0, 0.1) is 0 Å². The third-order valence-corrected chi connectivity index (χ3v) is 5.15. The van der Waals surface area contributed by atoms with Gasteiger partial charge in [-0.1, -0.05) is 42.5 Å². The van der Waals surface area contributed by atoms with Crippen molar-refractivity contribution in [2.75, 3.05) is 0 Å². The number of benzene rings is 1. The van der Waals surface area contributed by atoms with Crippen LogP contribution >= 0.6 is 11.8 Å². The summed E-state index contributed by atoms with van der Waals surface area (Å²) in [7, 11) is 0. The fourth-order valence-electron chi connectivity index (χ4n) is 2.73. The van der Waals surface area contributed by atoms with E-state index >= 15 is 0 Å². The van der Waals surface area contributed by atoms with Crippen LogP contribution in [0.3, 0.4) is 0 Å². The van der Waals surface area contributed by atoms with Gasteiger partial charge >= 0.3 is 0 Å². The summed E-state index contributed by atoms with van der Waals surface area (Å²) in [5.74, 6) is 0.529. The van der Waals surface area contributed by atoms with Crippen LogP contribution in [-0.4, -0.2) is 27.2 Å². The summed E-state index contributed by atoms with van der Waals surface area (Å²) in [6, 6.07) is 17.3. The second-order valence-electron chi connectivity index (χ2n) is 6.28. The van der Waals surface area contributed by atoms with Gasteiger partial charge in [0.05, 0.1) is 17.7 Å². The molecule has 1 aliphatic heterocycles. The van der Waals surface area contributed by atoms with Crippen molar-refractivity contribution >= 4 is 41.2 Å². The lowest BCUT2D eigenvalue weighted by atomic mass is 10.2. The summed E-state index contributed by atoms with van der Waals surface area (Å²) in [4.78, 5) is 19.2. The summed E-state index contributed by atoms with van der Waals surface area (Å²) < 4.78 is 5.40. The summed E-state index contributed by atoms with van der Waals surface area (Å²) >= 11 is 1.28. The van der Waals surface area contributed by atoms with Crippen LogP contribution in [0.5, 0.6) is 0 Å². The molecule has 1 aliphatic rings. The average molecular weight is 414 g/mol. The second-order valence-corrected chi connectivity index (χ2v) is 7.29. The van der Waals surface area contributed by atoms with Gasteiger partial charge in [-0.05, 0) is 53.2 Å². The summed E-state index contributed by atoms with van der Waals surface area (Å²) in [5, 5.41) is 8.87. The van der Waals surface area contributed by atoms with Gasteiger partial charge in [0, 0.05) is 18.6 Å². The number of carbonyl (C=O) groups is 1. The van der Waals surface area contributed by atoms with Crippen LogP contribution in [0.15, 0.2) is 98.9 Å². The number of hydrogen-bond acceptors (Lipinski definition) is 6. The van der Waals surface area contributed by atoms with E-state index in [2.05, 4.69) is 15.2 Å². The quantitative estimate of drug-likeness (QED) is 0.329. The van der Waals surface area contributed by atoms with E-state index in [1.54, 1.807) is 41.9 Å². The van der Waals surface area contributed by atoms with Crippen molar-refractivity contribution in [2.24, 2.45) is 10.2 Å². The lowest BCUT2D eigenvalue weighted by Gasteiger charge is -2.12. The average Bonchev–Trinajstić information content (AvgIpc) is 3.39. The number of pyridine rings is 1. The van der Waals surface area contributed by atoms with Crippen molar-refractivity contribution in [2.45, 2.75) is 6.54 Å². The van der Waals surface area contributed by atoms with E-state index in [9.17, 15) is 4.79 Å². The number of carbonyl (C=O) groups excluding carboxylic acids is 1. The van der Waals surface area contributed by atoms with E-state index in [1.165, 1.54) is 11.8 Å². The highest BCUT2D eigenvalue weighted by atomic mass is 32.2. The molecule has 0 unspecified atom stereocenters. The first kappa shape index (κ1) is 19.6. The number of thioether (sulfide) groups is 1. The van der Waals surface area contributed by atoms with Gasteiger partial charge in [-0.2, -0.15) is 5.10 Å². The van der Waals surface area contributed by atoms with Crippen molar-refractivity contribution in [3.63, 3.8) is 0 Å². The molecule has 0 atom stereocenters. The Kier molecular flexibility index (Phi) is 6.31. The Balaban J connectivity index is 1.54. The summed E-state index contributed by atoms with van der Waals surface area (Å²) in [6.07, 6.45) is 12.1. The molecule has 1 saturated heterocycles. The minimum absolute atomic E-state index is 0.144. The monoisotopic (exact) mass is 414 g/mol. The molecule has 148 valence electrons. The van der Waals surface area contributed by atoms with Gasteiger partial charge in [-0.3, -0.25) is 14.7 Å². The molecule has 1 amide bonds. The van der Waals surface area contributed by atoms with Crippen LogP contribution in [0.4, 0.5) is 0 Å². The number of hydrogen-bond donors (Lipinski definition) is 0. The number of amides is 1. The van der Waals surface area contributed by atoms with Crippen LogP contribution in [0.1, 0.15) is 16.9 Å². The molecule has 0 aliphatic carbocycles. The SMILES string of the molecule is O=C1/C(=C/c2cccnc2)S/C(=N/N=C\C=C\c2ccccc2)N1Cc1ccco1. The molecule has 1 aromatic carbocycles. The first-order valence-corrected chi connectivity index (χ1v) is 10.1. The van der Waals surface area contributed by atoms with Gasteiger partial charge in [0.15, 0.2) is 5.17 Å². The molecule has 30 heavy (non-hydrogen) atoms. The predicted octanol–water partition coefficient (Wildman–Crippen LogP) is 4.85. The molecule has 3 aromatic rings. The van der Waals surface area contributed by atoms with Gasteiger partial charge in [0.1, 0.15) is 5.76 Å². The third-order valence-electron chi connectivity index (χ3n) is 4.15. The number of furan rings is 1. The molecular weight excluding hydrogens is 396 g/mol. The molecule has 4 rings (SSSR count). The maximum atomic E-state index is 12.9. The highest BCUT2D eigenvalue weighted by Crippen LogP contribution is 2.33. The zero-order chi connectivity index (χ0) is 20.6. The van der Waals surface area contributed by atoms with Crippen molar-refractivity contribution in [3.8, 4) is 0 Å². The van der Waals surface area contributed by atoms with Crippen LogP contribution < -0.4 is 0 Å². The van der Waals surface area contributed by atoms with Gasteiger partial charge in [0.25, 0.3) is 5.91 Å².